The summed E-state index contributed by atoms with van der Waals surface area (Å²) >= 11 is 0. The Morgan fingerprint density at radius 2 is 1.86 bits per heavy atom. The summed E-state index contributed by atoms with van der Waals surface area (Å²) in [7, 11) is -4.02. The number of fused-ring (bicyclic) bond motifs is 1. The van der Waals surface area contributed by atoms with Crippen LogP contribution >= 0.6 is 0 Å². The Kier molecular flexibility index (Phi) is 6.05. The maximum atomic E-state index is 13.2. The molecule has 0 unspecified atom stereocenters. The average molecular weight is 405 g/mol. The summed E-state index contributed by atoms with van der Waals surface area (Å²) in [6.07, 6.45) is 1.73. The molecule has 2 aromatic rings. The van der Waals surface area contributed by atoms with Crippen LogP contribution in [0.15, 0.2) is 53.4 Å². The summed E-state index contributed by atoms with van der Waals surface area (Å²) < 4.78 is 39.4. The number of nitrogens with zero attached hydrogens (tertiary/aromatic N) is 1. The van der Waals surface area contributed by atoms with E-state index in [-0.39, 0.29) is 17.3 Å². The number of nitrogens with one attached hydrogen (secondary N) is 2. The third kappa shape index (κ3) is 4.73. The Morgan fingerprint density at radius 3 is 2.64 bits per heavy atom. The van der Waals surface area contributed by atoms with E-state index in [0.717, 1.165) is 36.2 Å². The zero-order chi connectivity index (χ0) is 20.1. The first-order valence-corrected chi connectivity index (χ1v) is 10.3. The monoisotopic (exact) mass is 405 g/mol. The molecule has 1 aliphatic rings. The number of hydrogen-bond donors (Lipinski definition) is 2. The van der Waals surface area contributed by atoms with Gasteiger partial charge in [0.25, 0.3) is 0 Å². The molecule has 3 rings (SSSR count). The Morgan fingerprint density at radius 1 is 1.07 bits per heavy atom. The number of hydrogen-bond acceptors (Lipinski definition) is 4. The van der Waals surface area contributed by atoms with Gasteiger partial charge in [-0.05, 0) is 42.7 Å². The van der Waals surface area contributed by atoms with E-state index < -0.39 is 28.3 Å². The fourth-order valence-electron chi connectivity index (χ4n) is 3.00. The lowest BCUT2D eigenvalue weighted by Gasteiger charge is -2.29. The largest absolute Gasteiger partial charge is 0.346 e. The first kappa shape index (κ1) is 20.0. The van der Waals surface area contributed by atoms with Gasteiger partial charge in [0.1, 0.15) is 5.82 Å². The normalized spacial score (nSPS) is 13.7. The molecule has 1 heterocycles. The Balaban J connectivity index is 1.53. The average Bonchev–Trinajstić information content (AvgIpc) is 2.70. The highest BCUT2D eigenvalue weighted by Gasteiger charge is 2.22. The molecule has 7 nitrogen and oxygen atoms in total. The molecule has 0 aromatic heterocycles. The molecule has 1 aliphatic heterocycles. The van der Waals surface area contributed by atoms with Crippen molar-refractivity contribution in [2.45, 2.75) is 17.7 Å². The van der Waals surface area contributed by atoms with Gasteiger partial charge in [-0.25, -0.2) is 17.5 Å². The van der Waals surface area contributed by atoms with E-state index in [1.807, 2.05) is 24.3 Å². The standard InChI is InChI=1S/C19H20FN3O4S/c20-15-7-3-8-16(11-15)28(26,27)22-12-18(24)21-13-19(25)23-10-4-6-14-5-1-2-9-17(14)23/h1-3,5,7-9,11,22H,4,6,10,12-13H2,(H,21,24). The van der Waals surface area contributed by atoms with Crippen LogP contribution in [0, 0.1) is 5.82 Å². The van der Waals surface area contributed by atoms with Gasteiger partial charge in [0, 0.05) is 12.2 Å². The maximum absolute atomic E-state index is 13.2. The van der Waals surface area contributed by atoms with Crippen molar-refractivity contribution < 1.29 is 22.4 Å². The predicted molar refractivity (Wildman–Crippen MR) is 102 cm³/mol. The Hall–Kier alpha value is -2.78. The number of rotatable bonds is 6. The van der Waals surface area contributed by atoms with Gasteiger partial charge < -0.3 is 10.2 Å². The van der Waals surface area contributed by atoms with E-state index in [9.17, 15) is 22.4 Å². The van der Waals surface area contributed by atoms with Gasteiger partial charge in [-0.3, -0.25) is 9.59 Å². The molecule has 0 bridgehead atoms. The van der Waals surface area contributed by atoms with Crippen LogP contribution in [0.4, 0.5) is 10.1 Å². The van der Waals surface area contributed by atoms with Crippen molar-refractivity contribution in [3.05, 3.63) is 59.9 Å². The molecule has 0 spiro atoms. The van der Waals surface area contributed by atoms with E-state index in [1.54, 1.807) is 4.90 Å². The van der Waals surface area contributed by atoms with E-state index in [4.69, 9.17) is 0 Å². The fraction of sp³-hybridized carbons (Fsp3) is 0.263. The van der Waals surface area contributed by atoms with E-state index in [0.29, 0.717) is 6.54 Å². The molecule has 148 valence electrons. The molecule has 0 saturated carbocycles. The van der Waals surface area contributed by atoms with Crippen LogP contribution in [0.5, 0.6) is 0 Å². The quantitative estimate of drug-likeness (QED) is 0.755. The smallest absolute Gasteiger partial charge is 0.246 e. The van der Waals surface area contributed by atoms with E-state index in [2.05, 4.69) is 10.0 Å². The van der Waals surface area contributed by atoms with Crippen molar-refractivity contribution >= 4 is 27.5 Å². The van der Waals surface area contributed by atoms with Crippen LogP contribution in [0.25, 0.3) is 0 Å². The number of amides is 2. The van der Waals surface area contributed by atoms with Crippen LogP contribution in [0.1, 0.15) is 12.0 Å². The Labute approximate surface area is 162 Å². The molecular formula is C19H20FN3O4S. The SMILES string of the molecule is O=C(CNS(=O)(=O)c1cccc(F)c1)NCC(=O)N1CCCc2ccccc21. The molecule has 0 fully saturated rings. The van der Waals surface area contributed by atoms with Crippen LogP contribution in [0.2, 0.25) is 0 Å². The number of anilines is 1. The lowest BCUT2D eigenvalue weighted by atomic mass is 10.0. The fourth-order valence-corrected chi connectivity index (χ4v) is 4.02. The number of carbonyl (C=O) groups is 2. The topological polar surface area (TPSA) is 95.6 Å². The molecule has 0 aliphatic carbocycles. The molecule has 2 amide bonds. The molecule has 2 aromatic carbocycles. The predicted octanol–water partition coefficient (Wildman–Crippen LogP) is 1.20. The Bertz CT molecular complexity index is 994. The summed E-state index contributed by atoms with van der Waals surface area (Å²) in [5.74, 6) is -1.62. The van der Waals surface area contributed by atoms with Gasteiger partial charge in [0.2, 0.25) is 21.8 Å². The van der Waals surface area contributed by atoms with Gasteiger partial charge >= 0.3 is 0 Å². The summed E-state index contributed by atoms with van der Waals surface area (Å²) in [6, 6.07) is 12.1. The number of benzene rings is 2. The molecule has 9 heteroatoms. The van der Waals surface area contributed by atoms with Gasteiger partial charge in [0.15, 0.2) is 0 Å². The molecule has 0 atom stereocenters. The van der Waals surface area contributed by atoms with Crippen LogP contribution < -0.4 is 14.9 Å². The number of halogens is 1. The second-order valence-electron chi connectivity index (χ2n) is 6.34. The zero-order valence-electron chi connectivity index (χ0n) is 15.0. The summed E-state index contributed by atoms with van der Waals surface area (Å²) in [5.41, 5.74) is 1.91. The number of para-hydroxylation sites is 1. The minimum absolute atomic E-state index is 0.241. The minimum atomic E-state index is -4.02. The number of carbonyl (C=O) groups excluding carboxylic acids is 2. The van der Waals surface area contributed by atoms with Crippen molar-refractivity contribution in [1.82, 2.24) is 10.0 Å². The van der Waals surface area contributed by atoms with Crippen LogP contribution in [0.3, 0.4) is 0 Å². The second kappa shape index (κ2) is 8.49. The third-order valence-corrected chi connectivity index (χ3v) is 5.78. The van der Waals surface area contributed by atoms with Crippen molar-refractivity contribution in [3.8, 4) is 0 Å². The highest BCUT2D eigenvalue weighted by molar-refractivity contribution is 7.89. The van der Waals surface area contributed by atoms with Crippen LogP contribution in [-0.4, -0.2) is 39.9 Å². The zero-order valence-corrected chi connectivity index (χ0v) is 15.8. The second-order valence-corrected chi connectivity index (χ2v) is 8.10. The summed E-state index contributed by atoms with van der Waals surface area (Å²) in [5, 5.41) is 2.41. The first-order chi connectivity index (χ1) is 13.4. The number of sulfonamides is 1. The van der Waals surface area contributed by atoms with Crippen molar-refractivity contribution in [1.29, 1.82) is 0 Å². The summed E-state index contributed by atoms with van der Waals surface area (Å²) in [6.45, 7) is -0.227. The van der Waals surface area contributed by atoms with E-state index >= 15 is 0 Å². The molecule has 28 heavy (non-hydrogen) atoms. The van der Waals surface area contributed by atoms with Crippen molar-refractivity contribution in [2.24, 2.45) is 0 Å². The molecule has 2 N–H and O–H groups in total. The molecule has 0 radical (unpaired) electrons. The molecule has 0 saturated heterocycles. The lowest BCUT2D eigenvalue weighted by molar-refractivity contribution is -0.124. The first-order valence-electron chi connectivity index (χ1n) is 8.77. The number of aryl methyl sites for hydroxylation is 1. The highest BCUT2D eigenvalue weighted by Crippen LogP contribution is 2.26. The van der Waals surface area contributed by atoms with Crippen molar-refractivity contribution in [3.63, 3.8) is 0 Å². The lowest BCUT2D eigenvalue weighted by Crippen LogP contribution is -2.45. The summed E-state index contributed by atoms with van der Waals surface area (Å²) in [4.78, 5) is 25.7. The van der Waals surface area contributed by atoms with Gasteiger partial charge in [-0.15, -0.1) is 0 Å². The van der Waals surface area contributed by atoms with Gasteiger partial charge in [-0.1, -0.05) is 24.3 Å². The van der Waals surface area contributed by atoms with Gasteiger partial charge in [-0.2, -0.15) is 0 Å². The minimum Gasteiger partial charge on any atom is -0.346 e. The van der Waals surface area contributed by atoms with E-state index in [1.165, 1.54) is 12.1 Å². The highest BCUT2D eigenvalue weighted by atomic mass is 32.2. The maximum Gasteiger partial charge on any atom is 0.246 e. The third-order valence-electron chi connectivity index (χ3n) is 4.38. The van der Waals surface area contributed by atoms with Crippen molar-refractivity contribution in [2.75, 3.05) is 24.5 Å². The van der Waals surface area contributed by atoms with Crippen LogP contribution in [-0.2, 0) is 26.0 Å². The van der Waals surface area contributed by atoms with Gasteiger partial charge in [0.05, 0.1) is 18.0 Å². The molecular weight excluding hydrogens is 385 g/mol.